The maximum Gasteiger partial charge on any atom is 0.180 e. The number of rotatable bonds is 3. The van der Waals surface area contributed by atoms with Gasteiger partial charge in [0.25, 0.3) is 0 Å². The first-order valence-electron chi connectivity index (χ1n) is 9.94. The highest BCUT2D eigenvalue weighted by atomic mass is 32.2. The zero-order valence-corrected chi connectivity index (χ0v) is 17.2. The van der Waals surface area contributed by atoms with E-state index in [1.807, 2.05) is 18.2 Å². The molecule has 2 aliphatic rings. The summed E-state index contributed by atoms with van der Waals surface area (Å²) in [4.78, 5) is 7.41. The van der Waals surface area contributed by atoms with Crippen LogP contribution in [0, 0.1) is 6.92 Å². The number of sulfone groups is 1. The van der Waals surface area contributed by atoms with Crippen molar-refractivity contribution in [3.63, 3.8) is 0 Å². The average Bonchev–Trinajstić information content (AvgIpc) is 2.81. The van der Waals surface area contributed by atoms with Gasteiger partial charge in [-0.3, -0.25) is 0 Å². The highest BCUT2D eigenvalue weighted by Gasteiger charge is 2.26. The van der Waals surface area contributed by atoms with Gasteiger partial charge in [0, 0.05) is 43.3 Å². The molecular weight excluding hydrogens is 384 g/mol. The van der Waals surface area contributed by atoms with Gasteiger partial charge in [0.05, 0.1) is 22.2 Å². The molecule has 0 atom stereocenters. The smallest absolute Gasteiger partial charge is 0.180 e. The fourth-order valence-corrected chi connectivity index (χ4v) is 5.47. The molecule has 2 aromatic carbocycles. The highest BCUT2D eigenvalue weighted by molar-refractivity contribution is 7.91. The lowest BCUT2D eigenvalue weighted by atomic mass is 10.1. The van der Waals surface area contributed by atoms with E-state index in [-0.39, 0.29) is 5.75 Å². The monoisotopic (exact) mass is 408 g/mol. The van der Waals surface area contributed by atoms with Crippen LogP contribution in [0.2, 0.25) is 0 Å². The normalized spacial score (nSPS) is 18.7. The van der Waals surface area contributed by atoms with Crippen molar-refractivity contribution < 1.29 is 8.42 Å². The van der Waals surface area contributed by atoms with Crippen molar-refractivity contribution in [2.45, 2.75) is 24.4 Å². The molecule has 0 amide bonds. The third-order valence-electron chi connectivity index (χ3n) is 5.71. The Morgan fingerprint density at radius 2 is 1.97 bits per heavy atom. The van der Waals surface area contributed by atoms with Gasteiger partial charge in [-0.15, -0.1) is 0 Å². The Hall–Kier alpha value is -2.64. The minimum absolute atomic E-state index is 0.0902. The van der Waals surface area contributed by atoms with Crippen molar-refractivity contribution in [3.05, 3.63) is 59.7 Å². The van der Waals surface area contributed by atoms with Crippen LogP contribution in [0.1, 0.15) is 11.1 Å². The van der Waals surface area contributed by atoms with Crippen LogP contribution in [0.25, 0.3) is 10.9 Å². The van der Waals surface area contributed by atoms with E-state index in [2.05, 4.69) is 40.7 Å². The molecule has 1 saturated heterocycles. The second-order valence-corrected chi connectivity index (χ2v) is 9.97. The minimum atomic E-state index is -3.28. The van der Waals surface area contributed by atoms with Crippen molar-refractivity contribution in [2.75, 3.05) is 35.6 Å². The number of anilines is 2. The second kappa shape index (κ2) is 7.00. The SMILES string of the molecule is Cc1ccc2nc(N3CCS(=O)(=O)c4ccccc4C3)cc(NC3CNC3)c2c1. The number of benzene rings is 2. The summed E-state index contributed by atoms with van der Waals surface area (Å²) in [7, 11) is -3.28. The van der Waals surface area contributed by atoms with Gasteiger partial charge in [-0.25, -0.2) is 13.4 Å². The molecular formula is C22H24N4O2S. The Morgan fingerprint density at radius 1 is 1.14 bits per heavy atom. The average molecular weight is 409 g/mol. The first-order valence-corrected chi connectivity index (χ1v) is 11.6. The number of fused-ring (bicyclic) bond motifs is 2. The Balaban J connectivity index is 1.58. The molecule has 3 heterocycles. The van der Waals surface area contributed by atoms with Gasteiger partial charge in [-0.1, -0.05) is 29.8 Å². The Morgan fingerprint density at radius 3 is 2.76 bits per heavy atom. The molecule has 150 valence electrons. The lowest BCUT2D eigenvalue weighted by molar-refractivity contribution is 0.472. The lowest BCUT2D eigenvalue weighted by Crippen LogP contribution is -2.51. The standard InChI is InChI=1S/C22H24N4O2S/c1-15-6-7-19-18(10-15)20(24-17-12-23-13-17)11-22(25-19)26-8-9-29(27,28)21-5-3-2-4-16(21)14-26/h2-7,10-11,17,23H,8-9,12-14H2,1H3,(H,24,25). The Labute approximate surface area is 170 Å². The van der Waals surface area contributed by atoms with Gasteiger partial charge in [-0.2, -0.15) is 0 Å². The van der Waals surface area contributed by atoms with Crippen LogP contribution in [0.5, 0.6) is 0 Å². The Kier molecular flexibility index (Phi) is 4.44. The van der Waals surface area contributed by atoms with E-state index < -0.39 is 9.84 Å². The summed E-state index contributed by atoms with van der Waals surface area (Å²) < 4.78 is 25.4. The van der Waals surface area contributed by atoms with Crippen LogP contribution in [0.15, 0.2) is 53.4 Å². The Bertz CT molecular complexity index is 1190. The lowest BCUT2D eigenvalue weighted by Gasteiger charge is -2.30. The number of hydrogen-bond acceptors (Lipinski definition) is 6. The molecule has 0 saturated carbocycles. The minimum Gasteiger partial charge on any atom is -0.379 e. The topological polar surface area (TPSA) is 74.3 Å². The van der Waals surface area contributed by atoms with E-state index in [9.17, 15) is 8.42 Å². The molecule has 29 heavy (non-hydrogen) atoms. The third-order valence-corrected chi connectivity index (χ3v) is 7.50. The molecule has 0 bridgehead atoms. The predicted octanol–water partition coefficient (Wildman–Crippen LogP) is 2.72. The molecule has 3 aromatic rings. The van der Waals surface area contributed by atoms with Crippen LogP contribution in [-0.2, 0) is 16.4 Å². The molecule has 1 aromatic heterocycles. The zero-order valence-electron chi connectivity index (χ0n) is 16.4. The number of pyridine rings is 1. The largest absolute Gasteiger partial charge is 0.379 e. The molecule has 2 N–H and O–H groups in total. The van der Waals surface area contributed by atoms with E-state index in [0.29, 0.717) is 24.0 Å². The van der Waals surface area contributed by atoms with Crippen LogP contribution in [0.3, 0.4) is 0 Å². The van der Waals surface area contributed by atoms with E-state index in [0.717, 1.165) is 41.1 Å². The molecule has 0 radical (unpaired) electrons. The first kappa shape index (κ1) is 18.4. The van der Waals surface area contributed by atoms with Crippen molar-refractivity contribution in [2.24, 2.45) is 0 Å². The van der Waals surface area contributed by atoms with Crippen LogP contribution >= 0.6 is 0 Å². The summed E-state index contributed by atoms with van der Waals surface area (Å²) in [6.45, 7) is 4.93. The summed E-state index contributed by atoms with van der Waals surface area (Å²) in [6.07, 6.45) is 0. The van der Waals surface area contributed by atoms with Crippen LogP contribution in [-0.4, -0.2) is 44.8 Å². The molecule has 1 fully saturated rings. The van der Waals surface area contributed by atoms with E-state index in [1.54, 1.807) is 12.1 Å². The zero-order chi connectivity index (χ0) is 20.0. The number of aromatic nitrogens is 1. The quantitative estimate of drug-likeness (QED) is 0.694. The molecule has 0 aliphatic carbocycles. The predicted molar refractivity (Wildman–Crippen MR) is 116 cm³/mol. The van der Waals surface area contributed by atoms with Gasteiger partial charge >= 0.3 is 0 Å². The molecule has 6 nitrogen and oxygen atoms in total. The number of aryl methyl sites for hydroxylation is 1. The van der Waals surface area contributed by atoms with Gasteiger partial charge in [0.15, 0.2) is 9.84 Å². The van der Waals surface area contributed by atoms with Crippen molar-refractivity contribution in [3.8, 4) is 0 Å². The fourth-order valence-electron chi connectivity index (χ4n) is 3.98. The van der Waals surface area contributed by atoms with Gasteiger partial charge in [-0.05, 0) is 30.7 Å². The van der Waals surface area contributed by atoms with Crippen molar-refractivity contribution in [1.29, 1.82) is 0 Å². The van der Waals surface area contributed by atoms with E-state index in [1.165, 1.54) is 5.56 Å². The molecule has 2 aliphatic heterocycles. The van der Waals surface area contributed by atoms with Gasteiger partial charge in [0.2, 0.25) is 0 Å². The maximum absolute atomic E-state index is 12.7. The van der Waals surface area contributed by atoms with Crippen LogP contribution in [0.4, 0.5) is 11.5 Å². The summed E-state index contributed by atoms with van der Waals surface area (Å²) in [5.41, 5.74) is 3.99. The second-order valence-electron chi connectivity index (χ2n) is 7.90. The van der Waals surface area contributed by atoms with E-state index in [4.69, 9.17) is 4.98 Å². The van der Waals surface area contributed by atoms with Crippen molar-refractivity contribution in [1.82, 2.24) is 10.3 Å². The first-order chi connectivity index (χ1) is 14.0. The molecule has 7 heteroatoms. The molecule has 0 spiro atoms. The third kappa shape index (κ3) is 3.45. The summed E-state index contributed by atoms with van der Waals surface area (Å²) in [6, 6.07) is 16.0. The molecule has 0 unspecified atom stereocenters. The van der Waals surface area contributed by atoms with E-state index >= 15 is 0 Å². The highest BCUT2D eigenvalue weighted by Crippen LogP contribution is 2.31. The molecule has 5 rings (SSSR count). The van der Waals surface area contributed by atoms with Crippen LogP contribution < -0.4 is 15.5 Å². The summed E-state index contributed by atoms with van der Waals surface area (Å²) >= 11 is 0. The summed E-state index contributed by atoms with van der Waals surface area (Å²) in [5, 5.41) is 8.02. The number of hydrogen-bond donors (Lipinski definition) is 2. The van der Waals surface area contributed by atoms with Gasteiger partial charge < -0.3 is 15.5 Å². The fraction of sp³-hybridized carbons (Fsp3) is 0.318. The maximum atomic E-state index is 12.7. The number of nitrogens with one attached hydrogen (secondary N) is 2. The van der Waals surface area contributed by atoms with Gasteiger partial charge in [0.1, 0.15) is 5.82 Å². The number of nitrogens with zero attached hydrogens (tertiary/aromatic N) is 2. The van der Waals surface area contributed by atoms with Crippen molar-refractivity contribution >= 4 is 32.2 Å². The summed E-state index contributed by atoms with van der Waals surface area (Å²) in [5.74, 6) is 0.899.